The van der Waals surface area contributed by atoms with Crippen LogP contribution in [-0.2, 0) is 57.5 Å². The van der Waals surface area contributed by atoms with Gasteiger partial charge in [-0.1, -0.05) is 25.1 Å². The van der Waals surface area contributed by atoms with Crippen LogP contribution in [0.15, 0.2) is 56.2 Å². The van der Waals surface area contributed by atoms with Crippen molar-refractivity contribution in [2.45, 2.75) is 92.3 Å². The van der Waals surface area contributed by atoms with Gasteiger partial charge in [0, 0.05) is 17.8 Å². The van der Waals surface area contributed by atoms with Gasteiger partial charge in [-0.2, -0.15) is 0 Å². The number of Topliss-reactive ketones (excluding diaryl/α,β-unsaturated/α-hetero) is 1. The molecular formula is C37H42N2O18S. The predicted molar refractivity (Wildman–Crippen MR) is 185 cm³/mol. The molecule has 2 bridgehead atoms. The number of methoxy groups -OCH3 is 1. The minimum Gasteiger partial charge on any atom is -0.504 e. The smallest absolute Gasteiger partial charge is 0.414 e. The van der Waals surface area contributed by atoms with Gasteiger partial charge in [0.25, 0.3) is 9.84 Å². The number of carbonyl (C=O) groups is 5. The number of nitrogens with zero attached hydrogens (tertiary/aromatic N) is 2. The molecule has 2 saturated carbocycles. The molecule has 10 atom stereocenters. The number of sulfone groups is 1. The van der Waals surface area contributed by atoms with E-state index in [1.54, 1.807) is 19.9 Å². The van der Waals surface area contributed by atoms with Crippen molar-refractivity contribution in [3.8, 4) is 5.88 Å². The van der Waals surface area contributed by atoms with Gasteiger partial charge in [-0.25, -0.2) is 18.0 Å². The number of aliphatic hydroxyl groups is 3. The van der Waals surface area contributed by atoms with E-state index >= 15 is 0 Å². The van der Waals surface area contributed by atoms with Crippen molar-refractivity contribution in [3.63, 3.8) is 0 Å². The van der Waals surface area contributed by atoms with Crippen LogP contribution in [0.5, 0.6) is 5.88 Å². The van der Waals surface area contributed by atoms with Gasteiger partial charge < -0.3 is 48.9 Å². The third kappa shape index (κ3) is 6.12. The Morgan fingerprint density at radius 1 is 1.05 bits per heavy atom. The third-order valence-corrected chi connectivity index (χ3v) is 14.3. The second-order valence-corrected chi connectivity index (χ2v) is 17.3. The predicted octanol–water partition coefficient (Wildman–Crippen LogP) is 0.188. The average molecular weight is 835 g/mol. The molecule has 1 aromatic heterocycles. The molecule has 4 fully saturated rings. The lowest BCUT2D eigenvalue weighted by Gasteiger charge is -2.67. The number of aliphatic hydroxyl groups excluding tert-OH is 3. The van der Waals surface area contributed by atoms with Crippen molar-refractivity contribution >= 4 is 39.5 Å². The number of hydrogen-bond acceptors (Lipinski definition) is 19. The van der Waals surface area contributed by atoms with Crippen molar-refractivity contribution < 1.29 is 85.7 Å². The summed E-state index contributed by atoms with van der Waals surface area (Å²) >= 11 is 0. The Kier molecular flexibility index (Phi) is 10.6. The first-order valence-electron chi connectivity index (χ1n) is 18.6. The molecule has 1 aromatic carbocycles. The number of ether oxygens (including phenoxy) is 6. The van der Waals surface area contributed by atoms with E-state index in [0.717, 1.165) is 7.11 Å². The number of fused-ring (bicyclic) bond motifs is 2. The summed E-state index contributed by atoms with van der Waals surface area (Å²) in [6.45, 7) is 2.68. The van der Waals surface area contributed by atoms with Crippen molar-refractivity contribution in [2.75, 3.05) is 26.9 Å². The molecule has 5 aliphatic rings. The Morgan fingerprint density at radius 3 is 2.45 bits per heavy atom. The number of allylic oxidation sites excluding steroid dienone is 2. The first-order chi connectivity index (χ1) is 27.5. The van der Waals surface area contributed by atoms with Crippen molar-refractivity contribution in [3.05, 3.63) is 46.9 Å². The van der Waals surface area contributed by atoms with Crippen LogP contribution in [0.4, 0.5) is 0 Å². The van der Waals surface area contributed by atoms with E-state index in [4.69, 9.17) is 28.4 Å². The van der Waals surface area contributed by atoms with Gasteiger partial charge in [0.1, 0.15) is 12.2 Å². The van der Waals surface area contributed by atoms with Gasteiger partial charge in [-0.3, -0.25) is 19.0 Å². The van der Waals surface area contributed by atoms with Gasteiger partial charge in [-0.15, -0.1) is 0 Å². The zero-order chi connectivity index (χ0) is 41.9. The highest BCUT2D eigenvalue weighted by Crippen LogP contribution is 2.72. The molecule has 2 aromatic rings. The fourth-order valence-electron chi connectivity index (χ4n) is 10.1. The lowest BCUT2D eigenvalue weighted by molar-refractivity contribution is -0.832. The van der Waals surface area contributed by atoms with Crippen LogP contribution >= 0.6 is 0 Å². The minimum absolute atomic E-state index is 0.0675. The van der Waals surface area contributed by atoms with E-state index in [2.05, 4.69) is 9.79 Å². The summed E-state index contributed by atoms with van der Waals surface area (Å²) in [6.07, 6.45) is -7.43. The van der Waals surface area contributed by atoms with E-state index in [9.17, 15) is 52.9 Å². The standard InChI is InChI=1S/C37H42N2O18S/c1-18-20-15-22-36-17-54-37(34(47)51-3,30(45)26(44)28(36)35(20,2)16-21(40)25(18)43)29(36)27(33(46)55-22)56-24(42)12-11-23(41)52-13-7-8-14-53-31-32(39(48)57-38-31)58(49,50)19-9-5-4-6-10-19/h4-6,9-10,20,22,26-30,43-45H,7-8,11-17H2,1-3H3/t20-,22+,26+,27+,28+,29+,30-,35-,36+,37+/m0/s1. The molecule has 3 N–H and O–H groups in total. The van der Waals surface area contributed by atoms with Crippen LogP contribution in [0.2, 0.25) is 0 Å². The molecular weight excluding hydrogens is 792 g/mol. The number of rotatable bonds is 13. The maximum absolute atomic E-state index is 13.7. The number of benzene rings is 1. The fourth-order valence-corrected chi connectivity index (χ4v) is 11.4. The molecule has 0 unspecified atom stereocenters. The summed E-state index contributed by atoms with van der Waals surface area (Å²) in [7, 11) is -3.28. The molecule has 0 amide bonds. The van der Waals surface area contributed by atoms with Gasteiger partial charge in [-0.05, 0) is 60.1 Å². The van der Waals surface area contributed by atoms with Gasteiger partial charge in [0.2, 0.25) is 11.7 Å². The maximum Gasteiger partial charge on any atom is 0.414 e. The number of hydrogen-bond donors (Lipinski definition) is 3. The molecule has 21 heteroatoms. The topological polar surface area (TPSA) is 289 Å². The normalized spacial score (nSPS) is 33.7. The number of aromatic nitrogens is 2. The second kappa shape index (κ2) is 14.9. The molecule has 7 rings (SSSR count). The Bertz CT molecular complexity index is 2160. The molecule has 2 saturated heterocycles. The first-order valence-corrected chi connectivity index (χ1v) is 20.0. The average Bonchev–Trinajstić information content (AvgIpc) is 3.73. The molecule has 3 aliphatic carbocycles. The molecule has 314 valence electrons. The van der Waals surface area contributed by atoms with E-state index in [-0.39, 0.29) is 55.3 Å². The van der Waals surface area contributed by atoms with E-state index < -0.39 is 128 Å². The highest BCUT2D eigenvalue weighted by molar-refractivity contribution is 7.91. The van der Waals surface area contributed by atoms with E-state index in [1.165, 1.54) is 24.3 Å². The quantitative estimate of drug-likeness (QED) is 0.105. The largest absolute Gasteiger partial charge is 0.504 e. The molecule has 2 aliphatic heterocycles. The molecule has 20 nitrogen and oxygen atoms in total. The van der Waals surface area contributed by atoms with E-state index in [0.29, 0.717) is 5.57 Å². The maximum atomic E-state index is 13.7. The van der Waals surface area contributed by atoms with Crippen molar-refractivity contribution in [1.82, 2.24) is 5.16 Å². The monoisotopic (exact) mass is 834 g/mol. The van der Waals surface area contributed by atoms with Crippen molar-refractivity contribution in [1.29, 1.82) is 0 Å². The van der Waals surface area contributed by atoms with E-state index in [1.807, 2.05) is 0 Å². The van der Waals surface area contributed by atoms with Crippen LogP contribution < -0.4 is 9.64 Å². The van der Waals surface area contributed by atoms with Crippen LogP contribution in [0.3, 0.4) is 0 Å². The summed E-state index contributed by atoms with van der Waals surface area (Å²) < 4.78 is 63.5. The number of ketones is 1. The molecule has 3 heterocycles. The Hall–Kier alpha value is -5.12. The van der Waals surface area contributed by atoms with Gasteiger partial charge in [0.05, 0.1) is 61.8 Å². The zero-order valence-corrected chi connectivity index (χ0v) is 32.4. The summed E-state index contributed by atoms with van der Waals surface area (Å²) in [4.78, 5) is 65.7. The highest BCUT2D eigenvalue weighted by atomic mass is 32.2. The molecule has 1 spiro atoms. The van der Waals surface area contributed by atoms with Gasteiger partial charge >= 0.3 is 34.8 Å². The van der Waals surface area contributed by atoms with Crippen LogP contribution in [0.25, 0.3) is 0 Å². The lowest BCUT2D eigenvalue weighted by Crippen LogP contribution is -2.79. The SMILES string of the molecule is COC(=O)[C@]12OC[C@]34[C@H]([C@@H](O)[C@@H]1O)[C@@]1(C)CC(=O)C(O)=C(C)[C@@H]1C[C@H]3OC(=O)[C@H](OC(=O)CCC(=O)OCCCCOc1no[n+]([O-])c1S(=O)(=O)c1ccccc1)[C@@H]24. The fraction of sp³-hybridized carbons (Fsp3) is 0.595. The second-order valence-electron chi connectivity index (χ2n) is 15.5. The van der Waals surface area contributed by atoms with Gasteiger partial charge in [0.15, 0.2) is 11.5 Å². The first kappa shape index (κ1) is 41.1. The Morgan fingerprint density at radius 2 is 1.74 bits per heavy atom. The molecule has 0 radical (unpaired) electrons. The van der Waals surface area contributed by atoms with Crippen LogP contribution in [-0.4, -0.2) is 116 Å². The Balaban J connectivity index is 0.981. The lowest BCUT2D eigenvalue weighted by atomic mass is 9.38. The minimum atomic E-state index is -4.31. The number of esters is 4. The summed E-state index contributed by atoms with van der Waals surface area (Å²) in [5.41, 5.74) is -4.65. The number of carbonyl (C=O) groups excluding carboxylic acids is 5. The molecule has 58 heavy (non-hydrogen) atoms. The summed E-state index contributed by atoms with van der Waals surface area (Å²) in [6, 6.07) is 7.13. The summed E-state index contributed by atoms with van der Waals surface area (Å²) in [5, 5.41) is 48.7. The summed E-state index contributed by atoms with van der Waals surface area (Å²) in [5.74, 6) is -8.70. The third-order valence-electron chi connectivity index (χ3n) is 12.5. The van der Waals surface area contributed by atoms with Crippen molar-refractivity contribution in [2.24, 2.45) is 28.6 Å². The Labute approximate surface area is 330 Å². The van der Waals surface area contributed by atoms with Crippen LogP contribution in [0, 0.1) is 33.8 Å². The number of unbranched alkanes of at least 4 members (excludes halogenated alkanes) is 1. The zero-order valence-electron chi connectivity index (χ0n) is 31.6. The van der Waals surface area contributed by atoms with Crippen LogP contribution in [0.1, 0.15) is 52.4 Å². The highest BCUT2D eigenvalue weighted by Gasteiger charge is 2.85.